The van der Waals surface area contributed by atoms with Crippen LogP contribution in [0.15, 0.2) is 83.8 Å². The van der Waals surface area contributed by atoms with Crippen LogP contribution in [-0.4, -0.2) is 51.4 Å². The van der Waals surface area contributed by atoms with Crippen molar-refractivity contribution in [3.8, 4) is 5.75 Å². The summed E-state index contributed by atoms with van der Waals surface area (Å²) in [5.41, 5.74) is 1.03. The highest BCUT2D eigenvalue weighted by atomic mass is 35.5. The molecule has 1 N–H and O–H groups in total. The summed E-state index contributed by atoms with van der Waals surface area (Å²) < 4.78 is 33.8. The normalized spacial score (nSPS) is 11.9. The number of carbonyl (C=O) groups is 2. The predicted octanol–water partition coefficient (Wildman–Crippen LogP) is 4.49. The van der Waals surface area contributed by atoms with Gasteiger partial charge in [-0.3, -0.25) is 13.9 Å². The van der Waals surface area contributed by atoms with Gasteiger partial charge in [-0.05, 0) is 61.4 Å². The zero-order valence-corrected chi connectivity index (χ0v) is 23.2. The Kier molecular flexibility index (Phi) is 10.2. The number of methoxy groups -OCH3 is 1. The van der Waals surface area contributed by atoms with Gasteiger partial charge in [0.25, 0.3) is 10.0 Å². The lowest BCUT2D eigenvalue weighted by molar-refractivity contribution is -0.139. The number of carbonyl (C=O) groups excluding carboxylic acids is 2. The number of ether oxygens (including phenoxy) is 1. The van der Waals surface area contributed by atoms with E-state index in [0.717, 1.165) is 16.3 Å². The number of nitrogens with one attached hydrogen (secondary N) is 1. The third-order valence-corrected chi connectivity index (χ3v) is 7.96. The Labute approximate surface area is 229 Å². The van der Waals surface area contributed by atoms with Crippen LogP contribution in [0.25, 0.3) is 0 Å². The molecule has 3 aromatic rings. The number of amides is 2. The molecular formula is C28H32ClN3O5S. The van der Waals surface area contributed by atoms with E-state index in [0.29, 0.717) is 17.3 Å². The molecule has 0 saturated carbocycles. The Hall–Kier alpha value is -3.56. The molecule has 0 heterocycles. The maximum absolute atomic E-state index is 13.8. The average molecular weight is 558 g/mol. The summed E-state index contributed by atoms with van der Waals surface area (Å²) in [5, 5.41) is 3.14. The molecule has 0 aliphatic rings. The number of benzene rings is 3. The van der Waals surface area contributed by atoms with Gasteiger partial charge in [0.15, 0.2) is 0 Å². The highest BCUT2D eigenvalue weighted by Crippen LogP contribution is 2.27. The van der Waals surface area contributed by atoms with Crippen molar-refractivity contribution in [2.24, 2.45) is 0 Å². The van der Waals surface area contributed by atoms with Gasteiger partial charge in [0, 0.05) is 18.1 Å². The van der Waals surface area contributed by atoms with E-state index in [1.165, 1.54) is 42.3 Å². The van der Waals surface area contributed by atoms with Crippen LogP contribution in [0.2, 0.25) is 5.02 Å². The molecule has 10 heteroatoms. The minimum Gasteiger partial charge on any atom is -0.497 e. The molecule has 0 aliphatic heterocycles. The minimum atomic E-state index is -4.19. The number of anilines is 1. The van der Waals surface area contributed by atoms with Gasteiger partial charge in [0.1, 0.15) is 18.3 Å². The highest BCUT2D eigenvalue weighted by Gasteiger charge is 2.32. The van der Waals surface area contributed by atoms with Crippen LogP contribution in [0.1, 0.15) is 25.8 Å². The molecule has 0 fully saturated rings. The molecule has 3 aromatic carbocycles. The van der Waals surface area contributed by atoms with E-state index in [1.807, 2.05) is 37.3 Å². The lowest BCUT2D eigenvalue weighted by Gasteiger charge is -2.32. The zero-order valence-electron chi connectivity index (χ0n) is 21.6. The van der Waals surface area contributed by atoms with Crippen molar-refractivity contribution in [1.82, 2.24) is 10.2 Å². The van der Waals surface area contributed by atoms with E-state index in [9.17, 15) is 18.0 Å². The van der Waals surface area contributed by atoms with E-state index in [4.69, 9.17) is 16.3 Å². The third-order valence-electron chi connectivity index (χ3n) is 5.93. The smallest absolute Gasteiger partial charge is 0.264 e. The van der Waals surface area contributed by atoms with Crippen molar-refractivity contribution in [2.75, 3.05) is 24.5 Å². The van der Waals surface area contributed by atoms with Gasteiger partial charge in [-0.1, -0.05) is 54.9 Å². The van der Waals surface area contributed by atoms with Gasteiger partial charge >= 0.3 is 0 Å². The van der Waals surface area contributed by atoms with Crippen LogP contribution in [-0.2, 0) is 26.2 Å². The van der Waals surface area contributed by atoms with Crippen LogP contribution in [0.5, 0.6) is 5.75 Å². The third kappa shape index (κ3) is 7.26. The van der Waals surface area contributed by atoms with Gasteiger partial charge in [-0.25, -0.2) is 8.42 Å². The fourth-order valence-electron chi connectivity index (χ4n) is 3.79. The van der Waals surface area contributed by atoms with Gasteiger partial charge in [0.05, 0.1) is 17.7 Å². The summed E-state index contributed by atoms with van der Waals surface area (Å²) in [6.45, 7) is 3.63. The van der Waals surface area contributed by atoms with E-state index < -0.39 is 28.5 Å². The number of nitrogens with zero attached hydrogens (tertiary/aromatic N) is 2. The molecular weight excluding hydrogens is 526 g/mol. The van der Waals surface area contributed by atoms with Crippen LogP contribution in [0.3, 0.4) is 0 Å². The quantitative estimate of drug-likeness (QED) is 0.354. The largest absolute Gasteiger partial charge is 0.497 e. The molecule has 0 saturated heterocycles. The second-order valence-electron chi connectivity index (χ2n) is 8.64. The van der Waals surface area contributed by atoms with Crippen LogP contribution < -0.4 is 14.4 Å². The predicted molar refractivity (Wildman–Crippen MR) is 149 cm³/mol. The van der Waals surface area contributed by atoms with Crippen molar-refractivity contribution in [1.29, 1.82) is 0 Å². The minimum absolute atomic E-state index is 0.0191. The first-order valence-corrected chi connectivity index (χ1v) is 14.0. The molecule has 0 spiro atoms. The molecule has 0 bridgehead atoms. The van der Waals surface area contributed by atoms with Crippen LogP contribution >= 0.6 is 11.6 Å². The van der Waals surface area contributed by atoms with Gasteiger partial charge in [-0.2, -0.15) is 0 Å². The number of sulfonamides is 1. The van der Waals surface area contributed by atoms with Crippen molar-refractivity contribution in [3.63, 3.8) is 0 Å². The highest BCUT2D eigenvalue weighted by molar-refractivity contribution is 7.92. The molecule has 38 heavy (non-hydrogen) atoms. The fraction of sp³-hybridized carbons (Fsp3) is 0.286. The molecule has 0 radical (unpaired) electrons. The maximum Gasteiger partial charge on any atom is 0.264 e. The van der Waals surface area contributed by atoms with Crippen LogP contribution in [0.4, 0.5) is 5.69 Å². The fourth-order valence-corrected chi connectivity index (χ4v) is 5.38. The number of rotatable bonds is 12. The molecule has 8 nitrogen and oxygen atoms in total. The van der Waals surface area contributed by atoms with E-state index >= 15 is 0 Å². The molecule has 3 rings (SSSR count). The van der Waals surface area contributed by atoms with E-state index in [-0.39, 0.29) is 23.0 Å². The molecule has 2 amide bonds. The standard InChI is InChI=1S/C28H32ClN3O5S/c1-4-17-30-28(34)21(2)31(19-22-9-6-5-7-10-22)27(33)20-32(24-12-8-11-23(29)18-24)38(35,36)26-15-13-25(37-3)14-16-26/h5-16,18,21H,4,17,19-20H2,1-3H3,(H,30,34)/t21-/m1/s1. The topological polar surface area (TPSA) is 96.0 Å². The first-order valence-electron chi connectivity index (χ1n) is 12.2. The summed E-state index contributed by atoms with van der Waals surface area (Å²) in [6.07, 6.45) is 0.744. The summed E-state index contributed by atoms with van der Waals surface area (Å²) >= 11 is 6.19. The zero-order chi connectivity index (χ0) is 27.7. The van der Waals surface area contributed by atoms with Gasteiger partial charge in [0.2, 0.25) is 11.8 Å². The second kappa shape index (κ2) is 13.3. The Morgan fingerprint density at radius 1 is 1.00 bits per heavy atom. The molecule has 0 aromatic heterocycles. The molecule has 202 valence electrons. The number of halogens is 1. The number of hydrogen-bond donors (Lipinski definition) is 1. The average Bonchev–Trinajstić information content (AvgIpc) is 2.93. The summed E-state index contributed by atoms with van der Waals surface area (Å²) in [5.74, 6) is -0.358. The van der Waals surface area contributed by atoms with Gasteiger partial charge in [-0.15, -0.1) is 0 Å². The first kappa shape index (κ1) is 29.0. The summed E-state index contributed by atoms with van der Waals surface area (Å²) in [7, 11) is -2.70. The second-order valence-corrected chi connectivity index (χ2v) is 10.9. The summed E-state index contributed by atoms with van der Waals surface area (Å²) in [6, 6.07) is 20.6. The molecule has 0 aliphatic carbocycles. The van der Waals surface area contributed by atoms with Crippen molar-refractivity contribution >= 4 is 39.1 Å². The Morgan fingerprint density at radius 3 is 2.29 bits per heavy atom. The Morgan fingerprint density at radius 2 is 1.68 bits per heavy atom. The van der Waals surface area contributed by atoms with Crippen molar-refractivity contribution in [3.05, 3.63) is 89.4 Å². The lowest BCUT2D eigenvalue weighted by atomic mass is 10.1. The van der Waals surface area contributed by atoms with E-state index in [1.54, 1.807) is 25.1 Å². The first-order chi connectivity index (χ1) is 18.2. The number of hydrogen-bond acceptors (Lipinski definition) is 5. The van der Waals surface area contributed by atoms with Crippen LogP contribution in [0, 0.1) is 0 Å². The monoisotopic (exact) mass is 557 g/mol. The van der Waals surface area contributed by atoms with Gasteiger partial charge < -0.3 is 15.0 Å². The van der Waals surface area contributed by atoms with Crippen molar-refractivity contribution < 1.29 is 22.7 Å². The Balaban J connectivity index is 2.01. The Bertz CT molecular complexity index is 1330. The van der Waals surface area contributed by atoms with E-state index in [2.05, 4.69) is 5.32 Å². The molecule has 0 unspecified atom stereocenters. The molecule has 1 atom stereocenters. The SMILES string of the molecule is CCCNC(=O)[C@@H](C)N(Cc1ccccc1)C(=O)CN(c1cccc(Cl)c1)S(=O)(=O)c1ccc(OC)cc1. The van der Waals surface area contributed by atoms with Crippen molar-refractivity contribution in [2.45, 2.75) is 37.8 Å². The maximum atomic E-state index is 13.8. The summed E-state index contributed by atoms with van der Waals surface area (Å²) in [4.78, 5) is 28.0. The lowest BCUT2D eigenvalue weighted by Crippen LogP contribution is -2.51.